The Morgan fingerprint density at radius 3 is 2.05 bits per heavy atom. The monoisotopic (exact) mass is 268 g/mol. The molecule has 0 spiro atoms. The van der Waals surface area contributed by atoms with E-state index in [0.29, 0.717) is 0 Å². The molecule has 106 valence electrons. The van der Waals surface area contributed by atoms with Gasteiger partial charge in [-0.2, -0.15) is 0 Å². The molecule has 0 atom stereocenters. The largest absolute Gasteiger partial charge is 0.487 e. The molecule has 1 aromatic rings. The Kier molecular flexibility index (Phi) is 2.90. The van der Waals surface area contributed by atoms with Crippen LogP contribution in [0.5, 0.6) is 0 Å². The van der Waals surface area contributed by atoms with Gasteiger partial charge in [0.25, 0.3) is 0 Å². The molecular formula is C19H24O. The summed E-state index contributed by atoms with van der Waals surface area (Å²) in [4.78, 5) is 0. The van der Waals surface area contributed by atoms with Crippen molar-refractivity contribution < 1.29 is 4.74 Å². The molecule has 0 N–H and O–H groups in total. The van der Waals surface area contributed by atoms with E-state index in [2.05, 4.69) is 43.3 Å². The molecule has 0 radical (unpaired) electrons. The van der Waals surface area contributed by atoms with Crippen molar-refractivity contribution >= 4 is 5.76 Å². The molecule has 5 rings (SSSR count). The fraction of sp³-hybridized carbons (Fsp3) is 0.579. The van der Waals surface area contributed by atoms with Crippen LogP contribution < -0.4 is 0 Å². The van der Waals surface area contributed by atoms with Crippen LogP contribution in [0.25, 0.3) is 5.76 Å². The second kappa shape index (κ2) is 4.65. The molecule has 0 aromatic heterocycles. The molecule has 4 fully saturated rings. The zero-order valence-electron chi connectivity index (χ0n) is 12.3. The standard InChI is InChI=1S/C19H24O/c1-2-18(17-6-4-3-5-7-17)20-19-11-14-8-15(12-19)10-16(9-14)13-19/h2-7,14-16H,8-13H2,1H3/b18-2+. The van der Waals surface area contributed by atoms with Crippen LogP contribution in [0.4, 0.5) is 0 Å². The maximum Gasteiger partial charge on any atom is 0.123 e. The Morgan fingerprint density at radius 2 is 1.55 bits per heavy atom. The molecule has 0 amide bonds. The number of allylic oxidation sites excluding steroid dienone is 1. The maximum absolute atomic E-state index is 6.65. The predicted octanol–water partition coefficient (Wildman–Crippen LogP) is 5.03. The minimum atomic E-state index is 0.159. The zero-order chi connectivity index (χ0) is 13.6. The third-order valence-corrected chi connectivity index (χ3v) is 5.63. The van der Waals surface area contributed by atoms with Crippen molar-refractivity contribution in [2.75, 3.05) is 0 Å². The third-order valence-electron chi connectivity index (χ3n) is 5.63. The molecule has 4 aliphatic carbocycles. The number of ether oxygens (including phenoxy) is 1. The van der Waals surface area contributed by atoms with Crippen molar-refractivity contribution in [2.24, 2.45) is 17.8 Å². The smallest absolute Gasteiger partial charge is 0.123 e. The molecule has 4 aliphatic rings. The van der Waals surface area contributed by atoms with Gasteiger partial charge in [0.05, 0.1) is 0 Å². The van der Waals surface area contributed by atoms with Gasteiger partial charge in [-0.1, -0.05) is 30.3 Å². The first kappa shape index (κ1) is 12.5. The lowest BCUT2D eigenvalue weighted by Gasteiger charge is -2.56. The van der Waals surface area contributed by atoms with Gasteiger partial charge in [0.2, 0.25) is 0 Å². The van der Waals surface area contributed by atoms with Gasteiger partial charge >= 0.3 is 0 Å². The molecular weight excluding hydrogens is 244 g/mol. The molecule has 1 aromatic carbocycles. The van der Waals surface area contributed by atoms with Crippen LogP contribution in [-0.2, 0) is 4.74 Å². The van der Waals surface area contributed by atoms with Crippen molar-refractivity contribution in [1.82, 2.24) is 0 Å². The van der Waals surface area contributed by atoms with Crippen LogP contribution in [0.3, 0.4) is 0 Å². The van der Waals surface area contributed by atoms with E-state index in [0.717, 1.165) is 23.5 Å². The van der Waals surface area contributed by atoms with Crippen molar-refractivity contribution in [3.05, 3.63) is 42.0 Å². The summed E-state index contributed by atoms with van der Waals surface area (Å²) >= 11 is 0. The van der Waals surface area contributed by atoms with E-state index in [1.807, 2.05) is 0 Å². The highest BCUT2D eigenvalue weighted by molar-refractivity contribution is 5.59. The van der Waals surface area contributed by atoms with Crippen LogP contribution in [0.15, 0.2) is 36.4 Å². The number of hydrogen-bond acceptors (Lipinski definition) is 1. The molecule has 20 heavy (non-hydrogen) atoms. The number of benzene rings is 1. The second-order valence-electron chi connectivity index (χ2n) is 7.22. The van der Waals surface area contributed by atoms with Crippen LogP contribution in [0, 0.1) is 17.8 Å². The van der Waals surface area contributed by atoms with Crippen molar-refractivity contribution in [3.8, 4) is 0 Å². The zero-order valence-corrected chi connectivity index (χ0v) is 12.3. The topological polar surface area (TPSA) is 9.23 Å². The minimum absolute atomic E-state index is 0.159. The van der Waals surface area contributed by atoms with Gasteiger partial charge in [0, 0.05) is 5.56 Å². The lowest BCUT2D eigenvalue weighted by atomic mass is 9.54. The molecule has 4 saturated carbocycles. The highest BCUT2D eigenvalue weighted by atomic mass is 16.5. The fourth-order valence-electron chi connectivity index (χ4n) is 5.28. The van der Waals surface area contributed by atoms with E-state index in [1.165, 1.54) is 44.1 Å². The van der Waals surface area contributed by atoms with Crippen LogP contribution in [0.1, 0.15) is 51.0 Å². The number of hydrogen-bond donors (Lipinski definition) is 0. The lowest BCUT2D eigenvalue weighted by molar-refractivity contribution is -0.122. The summed E-state index contributed by atoms with van der Waals surface area (Å²) in [5.74, 6) is 3.91. The van der Waals surface area contributed by atoms with E-state index in [1.54, 1.807) is 0 Å². The van der Waals surface area contributed by atoms with Gasteiger partial charge in [-0.05, 0) is 69.3 Å². The van der Waals surface area contributed by atoms with Gasteiger partial charge in [0.1, 0.15) is 11.4 Å². The number of rotatable bonds is 3. The first-order valence-corrected chi connectivity index (χ1v) is 8.17. The summed E-state index contributed by atoms with van der Waals surface area (Å²) in [5.41, 5.74) is 1.39. The quantitative estimate of drug-likeness (QED) is 0.698. The van der Waals surface area contributed by atoms with Gasteiger partial charge < -0.3 is 4.74 Å². The minimum Gasteiger partial charge on any atom is -0.487 e. The van der Waals surface area contributed by atoms with Crippen molar-refractivity contribution in [2.45, 2.75) is 51.0 Å². The Morgan fingerprint density at radius 1 is 1.00 bits per heavy atom. The molecule has 0 aliphatic heterocycles. The Labute approximate surface area is 122 Å². The van der Waals surface area contributed by atoms with Crippen LogP contribution in [0.2, 0.25) is 0 Å². The average molecular weight is 268 g/mol. The Balaban J connectivity index is 1.59. The van der Waals surface area contributed by atoms with E-state index in [4.69, 9.17) is 4.74 Å². The third kappa shape index (κ3) is 2.08. The fourth-order valence-corrected chi connectivity index (χ4v) is 5.28. The maximum atomic E-state index is 6.65. The first-order valence-electron chi connectivity index (χ1n) is 8.17. The van der Waals surface area contributed by atoms with Crippen LogP contribution in [-0.4, -0.2) is 5.60 Å². The summed E-state index contributed by atoms with van der Waals surface area (Å²) in [6.45, 7) is 2.10. The van der Waals surface area contributed by atoms with Gasteiger partial charge in [-0.25, -0.2) is 0 Å². The molecule has 0 unspecified atom stereocenters. The highest BCUT2D eigenvalue weighted by Gasteiger charge is 2.52. The molecule has 1 nitrogen and oxygen atoms in total. The molecule has 1 heteroatoms. The molecule has 0 saturated heterocycles. The summed E-state index contributed by atoms with van der Waals surface area (Å²) in [7, 11) is 0. The van der Waals surface area contributed by atoms with Crippen LogP contribution >= 0.6 is 0 Å². The Bertz CT molecular complexity index is 479. The predicted molar refractivity (Wildman–Crippen MR) is 82.1 cm³/mol. The lowest BCUT2D eigenvalue weighted by Crippen LogP contribution is -2.51. The average Bonchev–Trinajstić information content (AvgIpc) is 2.44. The summed E-state index contributed by atoms with van der Waals surface area (Å²) in [6.07, 6.45) is 10.4. The summed E-state index contributed by atoms with van der Waals surface area (Å²) in [5, 5.41) is 0. The highest BCUT2D eigenvalue weighted by Crippen LogP contribution is 2.58. The first-order chi connectivity index (χ1) is 9.76. The normalized spacial score (nSPS) is 39.0. The van der Waals surface area contributed by atoms with Gasteiger partial charge in [0.15, 0.2) is 0 Å². The van der Waals surface area contributed by atoms with Crippen molar-refractivity contribution in [3.63, 3.8) is 0 Å². The second-order valence-corrected chi connectivity index (χ2v) is 7.22. The van der Waals surface area contributed by atoms with E-state index in [9.17, 15) is 0 Å². The SMILES string of the molecule is C/C=C(/OC12CC3CC(CC(C3)C1)C2)c1ccccc1. The molecule has 0 heterocycles. The van der Waals surface area contributed by atoms with Gasteiger partial charge in [-0.15, -0.1) is 0 Å². The van der Waals surface area contributed by atoms with E-state index in [-0.39, 0.29) is 5.60 Å². The molecule has 4 bridgehead atoms. The summed E-state index contributed by atoms with van der Waals surface area (Å²) < 4.78 is 6.65. The van der Waals surface area contributed by atoms with E-state index < -0.39 is 0 Å². The Hall–Kier alpha value is -1.24. The summed E-state index contributed by atoms with van der Waals surface area (Å²) in [6, 6.07) is 10.6. The van der Waals surface area contributed by atoms with Crippen molar-refractivity contribution in [1.29, 1.82) is 0 Å². The van der Waals surface area contributed by atoms with E-state index >= 15 is 0 Å². The van der Waals surface area contributed by atoms with Gasteiger partial charge in [-0.3, -0.25) is 0 Å².